The van der Waals surface area contributed by atoms with Gasteiger partial charge >= 0.3 is 0 Å². The van der Waals surface area contributed by atoms with Gasteiger partial charge in [-0.25, -0.2) is 0 Å². The molecule has 0 saturated carbocycles. The zero-order valence-corrected chi connectivity index (χ0v) is 10.7. The fourth-order valence-corrected chi connectivity index (χ4v) is 2.61. The Morgan fingerprint density at radius 1 is 1.25 bits per heavy atom. The first kappa shape index (κ1) is 11.3. The molecule has 0 aliphatic rings. The molecule has 0 radical (unpaired) electrons. The highest BCUT2D eigenvalue weighted by atomic mass is 14.7. The van der Waals surface area contributed by atoms with E-state index in [2.05, 4.69) is 51.0 Å². The number of nitrogens with one attached hydrogen (secondary N) is 1. The first-order chi connectivity index (χ1) is 7.63. The summed E-state index contributed by atoms with van der Waals surface area (Å²) in [4.78, 5) is 3.42. The lowest BCUT2D eigenvalue weighted by molar-refractivity contribution is 0.669. The smallest absolute Gasteiger partial charge is 0.0486 e. The van der Waals surface area contributed by atoms with Crippen LogP contribution in [-0.2, 0) is 0 Å². The van der Waals surface area contributed by atoms with Gasteiger partial charge in [0.25, 0.3) is 0 Å². The van der Waals surface area contributed by atoms with Crippen LogP contribution in [0.15, 0.2) is 18.3 Å². The highest BCUT2D eigenvalue weighted by Crippen LogP contribution is 2.30. The summed E-state index contributed by atoms with van der Waals surface area (Å²) in [5.74, 6) is 0.653. The molecule has 0 bridgehead atoms. The predicted octanol–water partition coefficient (Wildman–Crippen LogP) is 4.69. The molecule has 0 fully saturated rings. The van der Waals surface area contributed by atoms with Gasteiger partial charge in [0.05, 0.1) is 0 Å². The van der Waals surface area contributed by atoms with E-state index in [4.69, 9.17) is 0 Å². The third-order valence-corrected chi connectivity index (χ3v) is 3.42. The highest BCUT2D eigenvalue weighted by Gasteiger charge is 2.11. The van der Waals surface area contributed by atoms with Crippen molar-refractivity contribution in [3.8, 4) is 0 Å². The molecule has 1 N–H and O–H groups in total. The van der Waals surface area contributed by atoms with Gasteiger partial charge in [-0.3, -0.25) is 0 Å². The van der Waals surface area contributed by atoms with Crippen LogP contribution < -0.4 is 0 Å². The van der Waals surface area contributed by atoms with Crippen LogP contribution in [-0.4, -0.2) is 4.98 Å². The number of benzene rings is 1. The largest absolute Gasteiger partial charge is 0.361 e. The van der Waals surface area contributed by atoms with Gasteiger partial charge in [-0.2, -0.15) is 0 Å². The van der Waals surface area contributed by atoms with Crippen LogP contribution in [0.4, 0.5) is 0 Å². The monoisotopic (exact) mass is 215 g/mol. The maximum atomic E-state index is 3.42. The number of hydrogen-bond donors (Lipinski definition) is 1. The normalized spacial score (nSPS) is 13.2. The van der Waals surface area contributed by atoms with Crippen LogP contribution in [0.3, 0.4) is 0 Å². The van der Waals surface area contributed by atoms with Gasteiger partial charge in [-0.1, -0.05) is 31.9 Å². The second kappa shape index (κ2) is 4.32. The third kappa shape index (κ3) is 1.87. The minimum Gasteiger partial charge on any atom is -0.361 e. The molecule has 0 aliphatic heterocycles. The molecular weight excluding hydrogens is 194 g/mol. The summed E-state index contributed by atoms with van der Waals surface area (Å²) in [6.07, 6.45) is 4.70. The second-order valence-electron chi connectivity index (χ2n) is 4.94. The summed E-state index contributed by atoms with van der Waals surface area (Å²) in [6.45, 7) is 8.93. The van der Waals surface area contributed by atoms with Crippen LogP contribution in [0.1, 0.15) is 49.3 Å². The Bertz CT molecular complexity index is 493. The number of aromatic amines is 1. The Hall–Kier alpha value is -1.24. The third-order valence-electron chi connectivity index (χ3n) is 3.42. The van der Waals surface area contributed by atoms with Crippen molar-refractivity contribution in [2.75, 3.05) is 0 Å². The van der Waals surface area contributed by atoms with Crippen LogP contribution in [0.5, 0.6) is 0 Å². The maximum Gasteiger partial charge on any atom is 0.0486 e. The molecule has 1 atom stereocenters. The van der Waals surface area contributed by atoms with Crippen molar-refractivity contribution in [2.24, 2.45) is 0 Å². The van der Waals surface area contributed by atoms with Crippen molar-refractivity contribution in [3.05, 3.63) is 35.0 Å². The van der Waals surface area contributed by atoms with Gasteiger partial charge in [-0.15, -0.1) is 0 Å². The van der Waals surface area contributed by atoms with E-state index >= 15 is 0 Å². The number of aromatic nitrogens is 1. The van der Waals surface area contributed by atoms with E-state index in [0.29, 0.717) is 5.92 Å². The second-order valence-corrected chi connectivity index (χ2v) is 4.94. The lowest BCUT2D eigenvalue weighted by atomic mass is 9.95. The van der Waals surface area contributed by atoms with E-state index in [0.717, 1.165) is 0 Å². The van der Waals surface area contributed by atoms with Crippen molar-refractivity contribution in [1.29, 1.82) is 0 Å². The first-order valence-electron chi connectivity index (χ1n) is 6.21. The lowest BCUT2D eigenvalue weighted by Crippen LogP contribution is -1.91. The Morgan fingerprint density at radius 2 is 2.00 bits per heavy atom. The van der Waals surface area contributed by atoms with Crippen LogP contribution in [0.2, 0.25) is 0 Å². The van der Waals surface area contributed by atoms with Gasteiger partial charge in [0.1, 0.15) is 0 Å². The van der Waals surface area contributed by atoms with Crippen LogP contribution >= 0.6 is 0 Å². The van der Waals surface area contributed by atoms with Crippen molar-refractivity contribution >= 4 is 10.9 Å². The van der Waals surface area contributed by atoms with E-state index in [1.807, 2.05) is 0 Å². The van der Waals surface area contributed by atoms with E-state index in [-0.39, 0.29) is 0 Å². The minimum absolute atomic E-state index is 0.653. The zero-order chi connectivity index (χ0) is 11.7. The van der Waals surface area contributed by atoms with Gasteiger partial charge in [0.15, 0.2) is 0 Å². The summed E-state index contributed by atoms with van der Waals surface area (Å²) in [5, 5.41) is 1.42. The molecule has 1 nitrogen and oxygen atoms in total. The van der Waals surface area contributed by atoms with E-state index in [1.54, 1.807) is 0 Å². The molecule has 0 saturated heterocycles. The van der Waals surface area contributed by atoms with E-state index < -0.39 is 0 Å². The first-order valence-corrected chi connectivity index (χ1v) is 6.21. The SMILES string of the molecule is CCCC(C)c1c[nH]c2c(C)cc(C)cc12. The molecule has 0 spiro atoms. The van der Waals surface area contributed by atoms with E-state index in [1.165, 1.54) is 40.4 Å². The molecule has 1 aromatic carbocycles. The van der Waals surface area contributed by atoms with Crippen molar-refractivity contribution in [2.45, 2.75) is 46.5 Å². The summed E-state index contributed by atoms with van der Waals surface area (Å²) >= 11 is 0. The fourth-order valence-electron chi connectivity index (χ4n) is 2.61. The van der Waals surface area contributed by atoms with Crippen molar-refractivity contribution < 1.29 is 0 Å². The predicted molar refractivity (Wildman–Crippen MR) is 71.1 cm³/mol. The summed E-state index contributed by atoms with van der Waals surface area (Å²) in [5.41, 5.74) is 5.49. The zero-order valence-electron chi connectivity index (χ0n) is 10.7. The summed E-state index contributed by atoms with van der Waals surface area (Å²) in [7, 11) is 0. The van der Waals surface area contributed by atoms with E-state index in [9.17, 15) is 0 Å². The van der Waals surface area contributed by atoms with Gasteiger partial charge in [-0.05, 0) is 43.4 Å². The number of fused-ring (bicyclic) bond motifs is 1. The summed E-state index contributed by atoms with van der Waals surface area (Å²) < 4.78 is 0. The molecule has 0 aliphatic carbocycles. The molecule has 1 heterocycles. The molecule has 2 rings (SSSR count). The highest BCUT2D eigenvalue weighted by molar-refractivity contribution is 5.87. The van der Waals surface area contributed by atoms with Crippen molar-refractivity contribution in [3.63, 3.8) is 0 Å². The Morgan fingerprint density at radius 3 is 2.69 bits per heavy atom. The topological polar surface area (TPSA) is 15.8 Å². The van der Waals surface area contributed by atoms with Crippen molar-refractivity contribution in [1.82, 2.24) is 4.98 Å². The van der Waals surface area contributed by atoms with Gasteiger partial charge in [0.2, 0.25) is 0 Å². The van der Waals surface area contributed by atoms with Gasteiger partial charge < -0.3 is 4.98 Å². The molecule has 1 aromatic heterocycles. The Labute approximate surface area is 97.9 Å². The molecule has 1 heteroatoms. The Balaban J connectivity index is 2.55. The quantitative estimate of drug-likeness (QED) is 0.764. The number of hydrogen-bond acceptors (Lipinski definition) is 0. The number of aryl methyl sites for hydroxylation is 2. The molecule has 0 amide bonds. The molecule has 2 aromatic rings. The lowest BCUT2D eigenvalue weighted by Gasteiger charge is -2.09. The van der Waals surface area contributed by atoms with Crippen LogP contribution in [0, 0.1) is 13.8 Å². The fraction of sp³-hybridized carbons (Fsp3) is 0.467. The number of rotatable bonds is 3. The van der Waals surface area contributed by atoms with Gasteiger partial charge in [0, 0.05) is 17.1 Å². The average molecular weight is 215 g/mol. The Kier molecular flexibility index (Phi) is 3.04. The molecule has 86 valence electrons. The molecular formula is C15H21N. The molecule has 16 heavy (non-hydrogen) atoms. The summed E-state index contributed by atoms with van der Waals surface area (Å²) in [6, 6.07) is 4.55. The average Bonchev–Trinajstić information content (AvgIpc) is 2.61. The minimum atomic E-state index is 0.653. The standard InChI is InChI=1S/C15H21N/c1-5-6-11(3)14-9-16-15-12(4)7-10(2)8-13(14)15/h7-9,11,16H,5-6H2,1-4H3. The molecule has 1 unspecified atom stereocenters. The number of H-pyrrole nitrogens is 1. The van der Waals surface area contributed by atoms with Crippen LogP contribution in [0.25, 0.3) is 10.9 Å². The maximum absolute atomic E-state index is 3.42.